The molecule has 0 unspecified atom stereocenters. The molecule has 45 heavy (non-hydrogen) atoms. The van der Waals surface area contributed by atoms with E-state index >= 15 is 0 Å². The molecule has 10 rings (SSSR count). The molecule has 3 aromatic heterocycles. The van der Waals surface area contributed by atoms with Gasteiger partial charge in [0.05, 0.1) is 11.0 Å². The summed E-state index contributed by atoms with van der Waals surface area (Å²) in [4.78, 5) is 0. The summed E-state index contributed by atoms with van der Waals surface area (Å²) < 4.78 is 14.8. The van der Waals surface area contributed by atoms with E-state index in [0.717, 1.165) is 62.4 Å². The van der Waals surface area contributed by atoms with Crippen molar-refractivity contribution in [1.29, 1.82) is 0 Å². The van der Waals surface area contributed by atoms with Gasteiger partial charge in [-0.15, -0.1) is 0 Å². The van der Waals surface area contributed by atoms with E-state index in [-0.39, 0.29) is 0 Å². The molecule has 0 aliphatic heterocycles. The van der Waals surface area contributed by atoms with Crippen LogP contribution in [0.15, 0.2) is 148 Å². The quantitative estimate of drug-likeness (QED) is 0.209. The van der Waals surface area contributed by atoms with Crippen molar-refractivity contribution in [2.24, 2.45) is 0 Å². The maximum atomic E-state index is 6.31. The van der Waals surface area contributed by atoms with Gasteiger partial charge in [-0.25, -0.2) is 0 Å². The van der Waals surface area contributed by atoms with Crippen LogP contribution in [0.3, 0.4) is 0 Å². The van der Waals surface area contributed by atoms with Crippen molar-refractivity contribution >= 4 is 71.3 Å². The highest BCUT2D eigenvalue weighted by molar-refractivity contribution is 6.12. The number of rotatable bonds is 3. The van der Waals surface area contributed by atoms with Crippen LogP contribution in [0.4, 0.5) is 0 Å². The topological polar surface area (TPSA) is 31.2 Å². The number of para-hydroxylation sites is 2. The molecule has 1 aliphatic rings. The fraction of sp³-hybridized carbons (Fsp3) is 0.0476. The number of aromatic nitrogens is 1. The van der Waals surface area contributed by atoms with E-state index in [9.17, 15) is 0 Å². The maximum absolute atomic E-state index is 6.31. The van der Waals surface area contributed by atoms with E-state index in [1.165, 1.54) is 44.1 Å². The summed E-state index contributed by atoms with van der Waals surface area (Å²) in [6.07, 6.45) is 8.79. The largest absolute Gasteiger partial charge is 0.456 e. The van der Waals surface area contributed by atoms with Crippen LogP contribution in [0, 0.1) is 0 Å². The van der Waals surface area contributed by atoms with Gasteiger partial charge in [-0.1, -0.05) is 72.8 Å². The zero-order valence-corrected chi connectivity index (χ0v) is 24.5. The number of allylic oxidation sites excluding steroid dienone is 4. The summed E-state index contributed by atoms with van der Waals surface area (Å²) in [5, 5.41) is 7.06. The third-order valence-electron chi connectivity index (χ3n) is 9.48. The van der Waals surface area contributed by atoms with Gasteiger partial charge in [0.1, 0.15) is 22.3 Å². The normalized spacial score (nSPS) is 13.6. The van der Waals surface area contributed by atoms with Crippen molar-refractivity contribution in [3.63, 3.8) is 0 Å². The van der Waals surface area contributed by atoms with Gasteiger partial charge in [-0.05, 0) is 102 Å². The number of fused-ring (bicyclic) bond motifs is 9. The molecule has 0 fully saturated rings. The zero-order chi connectivity index (χ0) is 29.5. The van der Waals surface area contributed by atoms with E-state index < -0.39 is 0 Å². The molecule has 0 N–H and O–H groups in total. The first-order chi connectivity index (χ1) is 22.3. The lowest BCUT2D eigenvalue weighted by Crippen LogP contribution is -1.93. The van der Waals surface area contributed by atoms with E-state index in [2.05, 4.69) is 132 Å². The van der Waals surface area contributed by atoms with Gasteiger partial charge >= 0.3 is 0 Å². The first-order valence-corrected chi connectivity index (χ1v) is 15.6. The summed E-state index contributed by atoms with van der Waals surface area (Å²) >= 11 is 0. The lowest BCUT2D eigenvalue weighted by atomic mass is 9.96. The molecule has 212 valence electrons. The molecule has 3 nitrogen and oxygen atoms in total. The smallest absolute Gasteiger partial charge is 0.135 e. The van der Waals surface area contributed by atoms with Crippen LogP contribution in [-0.2, 0) is 0 Å². The Kier molecular flexibility index (Phi) is 5.11. The Morgan fingerprint density at radius 1 is 0.467 bits per heavy atom. The summed E-state index contributed by atoms with van der Waals surface area (Å²) in [6.45, 7) is 0. The van der Waals surface area contributed by atoms with Gasteiger partial charge in [0.2, 0.25) is 0 Å². The molecule has 0 radical (unpaired) electrons. The Morgan fingerprint density at radius 3 is 1.89 bits per heavy atom. The standard InChI is InChI=1S/C42H27NO2/c1-2-8-26(9-3-1)27-15-19-41-35(23-27)36-25-30(17-21-42(36)45-41)43-37-12-6-4-10-31(37)33-22-28(14-18-38(33)43)29-16-20-40-34(24-29)32-11-5-7-13-39(32)44-40/h1-2,4-8,10-25H,3,9H2. The summed E-state index contributed by atoms with van der Waals surface area (Å²) in [7, 11) is 0. The number of hydrogen-bond acceptors (Lipinski definition) is 2. The second kappa shape index (κ2) is 9.35. The first kappa shape index (κ1) is 24.6. The SMILES string of the molecule is C1=CCCC(c2ccc3oc4ccc(-n5c6ccccc6c6cc(-c7ccc8oc9ccccc9c8c7)ccc65)cc4c3c2)=C1. The molecule has 0 saturated heterocycles. The van der Waals surface area contributed by atoms with Gasteiger partial charge in [-0.2, -0.15) is 0 Å². The van der Waals surface area contributed by atoms with Gasteiger partial charge in [0.25, 0.3) is 0 Å². The molecule has 0 spiro atoms. The van der Waals surface area contributed by atoms with E-state index in [4.69, 9.17) is 8.83 Å². The van der Waals surface area contributed by atoms with Crippen molar-refractivity contribution in [2.45, 2.75) is 12.8 Å². The van der Waals surface area contributed by atoms with Crippen molar-refractivity contribution < 1.29 is 8.83 Å². The van der Waals surface area contributed by atoms with Crippen molar-refractivity contribution in [3.05, 3.63) is 145 Å². The molecule has 3 heterocycles. The molecular formula is C42H27NO2. The van der Waals surface area contributed by atoms with Gasteiger partial charge in [0, 0.05) is 38.0 Å². The number of nitrogens with zero attached hydrogens (tertiary/aromatic N) is 1. The highest BCUT2D eigenvalue weighted by Gasteiger charge is 2.17. The van der Waals surface area contributed by atoms with E-state index in [1.807, 2.05) is 12.1 Å². The van der Waals surface area contributed by atoms with Crippen molar-refractivity contribution in [3.8, 4) is 16.8 Å². The minimum atomic E-state index is 0.911. The van der Waals surface area contributed by atoms with Crippen LogP contribution in [0.2, 0.25) is 0 Å². The van der Waals surface area contributed by atoms with Gasteiger partial charge in [0.15, 0.2) is 0 Å². The first-order valence-electron chi connectivity index (χ1n) is 15.6. The lowest BCUT2D eigenvalue weighted by Gasteiger charge is -2.10. The minimum Gasteiger partial charge on any atom is -0.456 e. The predicted octanol–water partition coefficient (Wildman–Crippen LogP) is 12.0. The second-order valence-corrected chi connectivity index (χ2v) is 12.0. The number of furan rings is 2. The Labute approximate surface area is 258 Å². The van der Waals surface area contributed by atoms with E-state index in [1.54, 1.807) is 0 Å². The third-order valence-corrected chi connectivity index (χ3v) is 9.48. The Morgan fingerprint density at radius 2 is 1.07 bits per heavy atom. The zero-order valence-electron chi connectivity index (χ0n) is 24.5. The molecule has 0 atom stereocenters. The molecule has 0 amide bonds. The molecular weight excluding hydrogens is 550 g/mol. The summed E-state index contributed by atoms with van der Waals surface area (Å²) in [5.74, 6) is 0. The Balaban J connectivity index is 1.15. The highest BCUT2D eigenvalue weighted by Crippen LogP contribution is 2.39. The fourth-order valence-corrected chi connectivity index (χ4v) is 7.28. The number of hydrogen-bond donors (Lipinski definition) is 0. The minimum absolute atomic E-state index is 0.911. The van der Waals surface area contributed by atoms with Gasteiger partial charge in [-0.3, -0.25) is 0 Å². The monoisotopic (exact) mass is 577 g/mol. The molecule has 3 heteroatoms. The van der Waals surface area contributed by atoms with Crippen molar-refractivity contribution in [1.82, 2.24) is 4.57 Å². The average molecular weight is 578 g/mol. The van der Waals surface area contributed by atoms with Crippen LogP contribution in [-0.4, -0.2) is 4.57 Å². The number of benzene rings is 6. The van der Waals surface area contributed by atoms with Crippen LogP contribution in [0.25, 0.3) is 88.1 Å². The van der Waals surface area contributed by atoms with Crippen molar-refractivity contribution in [2.75, 3.05) is 0 Å². The molecule has 0 bridgehead atoms. The van der Waals surface area contributed by atoms with Gasteiger partial charge < -0.3 is 13.4 Å². The average Bonchev–Trinajstić information content (AvgIpc) is 3.77. The Bertz CT molecular complexity index is 2710. The third kappa shape index (κ3) is 3.71. The molecule has 6 aromatic carbocycles. The fourth-order valence-electron chi connectivity index (χ4n) is 7.28. The summed E-state index contributed by atoms with van der Waals surface area (Å²) in [5.41, 5.74) is 12.2. The highest BCUT2D eigenvalue weighted by atomic mass is 16.3. The van der Waals surface area contributed by atoms with Crippen LogP contribution in [0.1, 0.15) is 18.4 Å². The summed E-state index contributed by atoms with van der Waals surface area (Å²) in [6, 6.07) is 43.5. The van der Waals surface area contributed by atoms with E-state index in [0.29, 0.717) is 0 Å². The molecule has 0 saturated carbocycles. The predicted molar refractivity (Wildman–Crippen MR) is 187 cm³/mol. The second-order valence-electron chi connectivity index (χ2n) is 12.0. The van der Waals surface area contributed by atoms with Crippen LogP contribution >= 0.6 is 0 Å². The Hall–Kier alpha value is -5.80. The molecule has 1 aliphatic carbocycles. The maximum Gasteiger partial charge on any atom is 0.135 e. The van der Waals surface area contributed by atoms with Crippen LogP contribution < -0.4 is 0 Å². The lowest BCUT2D eigenvalue weighted by molar-refractivity contribution is 0.668. The molecule has 9 aromatic rings. The van der Waals surface area contributed by atoms with Crippen LogP contribution in [0.5, 0.6) is 0 Å².